The van der Waals surface area contributed by atoms with Crippen molar-refractivity contribution in [1.29, 1.82) is 0 Å². The van der Waals surface area contributed by atoms with Crippen molar-refractivity contribution in [1.82, 2.24) is 4.90 Å². The smallest absolute Gasteiger partial charge is 0.309 e. The molecule has 5 heteroatoms. The second kappa shape index (κ2) is 10.7. The molecule has 0 bridgehead atoms. The maximum atomic E-state index is 10.8. The summed E-state index contributed by atoms with van der Waals surface area (Å²) in [6.07, 6.45) is 3.46. The minimum atomic E-state index is -0.691. The van der Waals surface area contributed by atoms with Crippen LogP contribution in [0, 0.1) is 5.92 Å². The fourth-order valence-corrected chi connectivity index (χ4v) is 2.95. The monoisotopic (exact) mass is 385 g/mol. The van der Waals surface area contributed by atoms with E-state index in [0.717, 1.165) is 29.8 Å². The third-order valence-electron chi connectivity index (χ3n) is 3.71. The molecule has 1 aromatic carbocycles. The third kappa shape index (κ3) is 6.51. The molecule has 0 spiro atoms. The highest BCUT2D eigenvalue weighted by Gasteiger charge is 2.32. The van der Waals surface area contributed by atoms with E-state index in [4.69, 9.17) is 9.84 Å². The maximum absolute atomic E-state index is 10.8. The number of carboxylic acids is 1. The lowest BCUT2D eigenvalue weighted by molar-refractivity contribution is -0.147. The second-order valence-electron chi connectivity index (χ2n) is 5.55. The maximum Gasteiger partial charge on any atom is 0.309 e. The Hall–Kier alpha value is -1.07. The van der Waals surface area contributed by atoms with Crippen molar-refractivity contribution in [2.45, 2.75) is 46.6 Å². The molecular formula is C18H28BrNO3. The van der Waals surface area contributed by atoms with Gasteiger partial charge >= 0.3 is 5.97 Å². The number of hydrogen-bond acceptors (Lipinski definition) is 3. The van der Waals surface area contributed by atoms with Crippen molar-refractivity contribution in [3.63, 3.8) is 0 Å². The molecule has 2 rings (SSSR count). The zero-order valence-electron chi connectivity index (χ0n) is 14.3. The van der Waals surface area contributed by atoms with Crippen molar-refractivity contribution in [2.24, 2.45) is 5.92 Å². The molecule has 23 heavy (non-hydrogen) atoms. The van der Waals surface area contributed by atoms with E-state index < -0.39 is 5.97 Å². The summed E-state index contributed by atoms with van der Waals surface area (Å²) >= 11 is 3.54. The molecular weight excluding hydrogens is 358 g/mol. The van der Waals surface area contributed by atoms with Gasteiger partial charge in [0, 0.05) is 19.6 Å². The summed E-state index contributed by atoms with van der Waals surface area (Å²) in [4.78, 5) is 12.9. The highest BCUT2D eigenvalue weighted by molar-refractivity contribution is 9.10. The zero-order valence-corrected chi connectivity index (χ0v) is 15.9. The molecule has 1 aromatic rings. The average Bonchev–Trinajstić information content (AvgIpc) is 2.50. The predicted octanol–water partition coefficient (Wildman–Crippen LogP) is 4.56. The van der Waals surface area contributed by atoms with E-state index in [1.807, 2.05) is 26.0 Å². The van der Waals surface area contributed by atoms with Gasteiger partial charge in [-0.25, -0.2) is 0 Å². The number of ether oxygens (including phenoxy) is 1. The van der Waals surface area contributed by atoms with Crippen LogP contribution in [0.25, 0.3) is 0 Å². The zero-order chi connectivity index (χ0) is 17.2. The van der Waals surface area contributed by atoms with E-state index in [-0.39, 0.29) is 5.92 Å². The molecule has 0 aromatic heterocycles. The first kappa shape index (κ1) is 20.0. The molecule has 4 nitrogen and oxygen atoms in total. The van der Waals surface area contributed by atoms with Gasteiger partial charge in [0.25, 0.3) is 0 Å². The predicted molar refractivity (Wildman–Crippen MR) is 96.9 cm³/mol. The van der Waals surface area contributed by atoms with Gasteiger partial charge in [-0.1, -0.05) is 39.7 Å². The van der Waals surface area contributed by atoms with Crippen molar-refractivity contribution in [3.05, 3.63) is 28.2 Å². The Kier molecular flexibility index (Phi) is 9.26. The van der Waals surface area contributed by atoms with E-state index >= 15 is 0 Å². The molecule has 130 valence electrons. The number of aliphatic carboxylic acids is 1. The molecule has 1 saturated heterocycles. The molecule has 1 heterocycles. The lowest BCUT2D eigenvalue weighted by Crippen LogP contribution is -2.49. The number of unbranched alkanes of at least 4 members (excludes halogenated alkanes) is 2. The molecule has 1 fully saturated rings. The molecule has 0 unspecified atom stereocenters. The van der Waals surface area contributed by atoms with Crippen molar-refractivity contribution in [3.8, 4) is 5.75 Å². The number of carboxylic acid groups (broad SMARTS) is 1. The van der Waals surface area contributed by atoms with Crippen LogP contribution in [0.1, 0.15) is 45.6 Å². The van der Waals surface area contributed by atoms with Crippen LogP contribution < -0.4 is 4.74 Å². The lowest BCUT2D eigenvalue weighted by atomic mass is 10.00. The molecule has 0 atom stereocenters. The van der Waals surface area contributed by atoms with Crippen LogP contribution in [0.3, 0.4) is 0 Å². The quantitative estimate of drug-likeness (QED) is 0.666. The highest BCUT2D eigenvalue weighted by Crippen LogP contribution is 2.28. The van der Waals surface area contributed by atoms with Crippen LogP contribution in [0.5, 0.6) is 5.75 Å². The van der Waals surface area contributed by atoms with Gasteiger partial charge in [-0.3, -0.25) is 9.69 Å². The summed E-state index contributed by atoms with van der Waals surface area (Å²) in [5, 5.41) is 8.87. The summed E-state index contributed by atoms with van der Waals surface area (Å²) < 4.78 is 6.71. The summed E-state index contributed by atoms with van der Waals surface area (Å²) in [6.45, 7) is 9.00. The van der Waals surface area contributed by atoms with Gasteiger partial charge in [-0.15, -0.1) is 0 Å². The van der Waals surface area contributed by atoms with Crippen LogP contribution >= 0.6 is 15.9 Å². The Morgan fingerprint density at radius 1 is 1.35 bits per heavy atom. The molecule has 0 saturated carbocycles. The first-order valence-corrected chi connectivity index (χ1v) is 9.26. The normalized spacial score (nSPS) is 14.6. The van der Waals surface area contributed by atoms with Crippen LogP contribution in [0.4, 0.5) is 0 Å². The number of hydrogen-bond donors (Lipinski definition) is 1. The molecule has 1 aliphatic rings. The topological polar surface area (TPSA) is 49.8 Å². The van der Waals surface area contributed by atoms with E-state index in [2.05, 4.69) is 33.8 Å². The van der Waals surface area contributed by atoms with Crippen LogP contribution in [0.2, 0.25) is 0 Å². The summed E-state index contributed by atoms with van der Waals surface area (Å²) in [7, 11) is 0. The Morgan fingerprint density at radius 3 is 2.61 bits per heavy atom. The van der Waals surface area contributed by atoms with E-state index in [9.17, 15) is 4.79 Å². The average molecular weight is 386 g/mol. The fraction of sp³-hybridized carbons (Fsp3) is 0.611. The van der Waals surface area contributed by atoms with Crippen LogP contribution in [0.15, 0.2) is 22.7 Å². The summed E-state index contributed by atoms with van der Waals surface area (Å²) in [5.41, 5.74) is 1.17. The lowest BCUT2D eigenvalue weighted by Gasteiger charge is -2.36. The van der Waals surface area contributed by atoms with Gasteiger partial charge in [-0.05, 0) is 40.0 Å². The van der Waals surface area contributed by atoms with Crippen molar-refractivity contribution in [2.75, 3.05) is 19.7 Å². The van der Waals surface area contributed by atoms with Gasteiger partial charge in [0.15, 0.2) is 0 Å². The van der Waals surface area contributed by atoms with E-state index in [0.29, 0.717) is 13.1 Å². The Labute approximate surface area is 148 Å². The number of benzene rings is 1. The second-order valence-corrected chi connectivity index (χ2v) is 6.40. The molecule has 0 aliphatic carbocycles. The van der Waals surface area contributed by atoms with Crippen molar-refractivity contribution < 1.29 is 14.6 Å². The standard InChI is InChI=1S/C16H22BrNO3.C2H6/c1-2-3-4-7-21-15-6-5-12(8-14(15)17)9-18-10-13(11-18)16(19)20;1-2/h5-6,8,13H,2-4,7,9-11H2,1H3,(H,19,20);1-2H3. The molecule has 0 radical (unpaired) electrons. The number of rotatable bonds is 8. The Balaban J connectivity index is 0.00000127. The van der Waals surface area contributed by atoms with Crippen LogP contribution in [-0.2, 0) is 11.3 Å². The SMILES string of the molecule is CC.CCCCCOc1ccc(CN2CC(C(=O)O)C2)cc1Br. The van der Waals surface area contributed by atoms with Crippen molar-refractivity contribution >= 4 is 21.9 Å². The molecule has 1 N–H and O–H groups in total. The van der Waals surface area contributed by atoms with E-state index in [1.54, 1.807) is 0 Å². The van der Waals surface area contributed by atoms with Crippen LogP contribution in [-0.4, -0.2) is 35.7 Å². The molecule has 0 amide bonds. The molecule has 1 aliphatic heterocycles. The number of nitrogens with zero attached hydrogens (tertiary/aromatic N) is 1. The Morgan fingerprint density at radius 2 is 2.04 bits per heavy atom. The number of halogens is 1. The number of carbonyl (C=O) groups is 1. The first-order valence-electron chi connectivity index (χ1n) is 8.46. The largest absolute Gasteiger partial charge is 0.492 e. The minimum absolute atomic E-state index is 0.199. The minimum Gasteiger partial charge on any atom is -0.492 e. The Bertz CT molecular complexity index is 487. The van der Waals surface area contributed by atoms with E-state index in [1.165, 1.54) is 18.4 Å². The van der Waals surface area contributed by atoms with Gasteiger partial charge < -0.3 is 9.84 Å². The highest BCUT2D eigenvalue weighted by atomic mass is 79.9. The summed E-state index contributed by atoms with van der Waals surface area (Å²) in [5.74, 6) is -0.0141. The fourth-order valence-electron chi connectivity index (χ4n) is 2.41. The van der Waals surface area contributed by atoms with Gasteiger partial charge in [0.2, 0.25) is 0 Å². The van der Waals surface area contributed by atoms with Gasteiger partial charge in [-0.2, -0.15) is 0 Å². The first-order chi connectivity index (χ1) is 11.1. The third-order valence-corrected chi connectivity index (χ3v) is 4.33. The van der Waals surface area contributed by atoms with Gasteiger partial charge in [0.1, 0.15) is 5.75 Å². The number of likely N-dealkylation sites (tertiary alicyclic amines) is 1. The van der Waals surface area contributed by atoms with Gasteiger partial charge in [0.05, 0.1) is 17.0 Å². The summed E-state index contributed by atoms with van der Waals surface area (Å²) in [6, 6.07) is 6.09.